The second-order valence-electron chi connectivity index (χ2n) is 3.90. The summed E-state index contributed by atoms with van der Waals surface area (Å²) in [6.45, 7) is 1.79. The van der Waals surface area contributed by atoms with Gasteiger partial charge in [-0.15, -0.1) is 0 Å². The Morgan fingerprint density at radius 1 is 1.17 bits per heavy atom. The van der Waals surface area contributed by atoms with Gasteiger partial charge in [0.25, 0.3) is 5.56 Å². The smallest absolute Gasteiger partial charge is 0.268 e. The molecule has 0 spiro atoms. The van der Waals surface area contributed by atoms with Crippen molar-refractivity contribution in [3.63, 3.8) is 0 Å². The number of para-hydroxylation sites is 1. The van der Waals surface area contributed by atoms with Crippen LogP contribution < -0.4 is 5.56 Å². The van der Waals surface area contributed by atoms with Crippen molar-refractivity contribution in [2.24, 2.45) is 0 Å². The second kappa shape index (κ2) is 4.03. The fourth-order valence-electron chi connectivity index (χ4n) is 1.91. The van der Waals surface area contributed by atoms with Crippen LogP contribution in [0.25, 0.3) is 16.7 Å². The molecule has 0 aliphatic heterocycles. The lowest BCUT2D eigenvalue weighted by Gasteiger charge is -2.09. The number of rotatable bonds is 1. The van der Waals surface area contributed by atoms with E-state index >= 15 is 0 Å². The van der Waals surface area contributed by atoms with Crippen LogP contribution >= 0.6 is 0 Å². The summed E-state index contributed by atoms with van der Waals surface area (Å²) in [6.07, 6.45) is 2.89. The molecule has 2 heterocycles. The Hall–Kier alpha value is -2.56. The van der Waals surface area contributed by atoms with Crippen molar-refractivity contribution in [2.75, 3.05) is 0 Å². The highest BCUT2D eigenvalue weighted by Crippen LogP contribution is 2.09. The molecule has 88 valence electrons. The number of fused-ring (bicyclic) bond motifs is 1. The highest BCUT2D eigenvalue weighted by molar-refractivity contribution is 5.72. The van der Waals surface area contributed by atoms with Crippen LogP contribution in [0, 0.1) is 6.92 Å². The van der Waals surface area contributed by atoms with Crippen LogP contribution in [0.3, 0.4) is 0 Å². The molecule has 2 aromatic heterocycles. The van der Waals surface area contributed by atoms with Crippen molar-refractivity contribution in [1.29, 1.82) is 0 Å². The van der Waals surface area contributed by atoms with Crippen LogP contribution in [0.5, 0.6) is 0 Å². The topological polar surface area (TPSA) is 60.7 Å². The molecule has 0 unspecified atom stereocenters. The molecule has 5 nitrogen and oxygen atoms in total. The Balaban J connectivity index is 2.41. The molecular formula is C13H10N4O. The van der Waals surface area contributed by atoms with Gasteiger partial charge in [-0.05, 0) is 19.1 Å². The van der Waals surface area contributed by atoms with Crippen LogP contribution in [-0.4, -0.2) is 19.5 Å². The minimum Gasteiger partial charge on any atom is -0.268 e. The van der Waals surface area contributed by atoms with Crippen LogP contribution in [0.2, 0.25) is 0 Å². The van der Waals surface area contributed by atoms with Gasteiger partial charge in [0.1, 0.15) is 17.5 Å². The number of aryl methyl sites for hydroxylation is 1. The SMILES string of the molecule is Cc1nc2ncncc2c(=O)n1-c1ccccc1. The third kappa shape index (κ3) is 1.57. The Morgan fingerprint density at radius 2 is 1.94 bits per heavy atom. The van der Waals surface area contributed by atoms with Gasteiger partial charge < -0.3 is 0 Å². The van der Waals surface area contributed by atoms with Crippen molar-refractivity contribution in [3.8, 4) is 5.69 Å². The molecular weight excluding hydrogens is 228 g/mol. The van der Waals surface area contributed by atoms with Crippen LogP contribution in [0.1, 0.15) is 5.82 Å². The summed E-state index contributed by atoms with van der Waals surface area (Å²) in [5.41, 5.74) is 1.07. The average molecular weight is 238 g/mol. The quantitative estimate of drug-likeness (QED) is 0.644. The van der Waals surface area contributed by atoms with Gasteiger partial charge in [-0.2, -0.15) is 0 Å². The van der Waals surface area contributed by atoms with Crippen LogP contribution in [0.15, 0.2) is 47.7 Å². The van der Waals surface area contributed by atoms with Crippen molar-refractivity contribution in [3.05, 3.63) is 59.0 Å². The van der Waals surface area contributed by atoms with E-state index in [1.807, 2.05) is 30.3 Å². The van der Waals surface area contributed by atoms with E-state index in [0.717, 1.165) is 5.69 Å². The van der Waals surface area contributed by atoms with E-state index in [1.54, 1.807) is 11.5 Å². The van der Waals surface area contributed by atoms with Gasteiger partial charge in [0.15, 0.2) is 5.65 Å². The predicted octanol–water partition coefficient (Wildman–Crippen LogP) is 1.48. The molecule has 0 fully saturated rings. The molecule has 0 bridgehead atoms. The fourth-order valence-corrected chi connectivity index (χ4v) is 1.91. The highest BCUT2D eigenvalue weighted by atomic mass is 16.1. The molecule has 0 radical (unpaired) electrons. The highest BCUT2D eigenvalue weighted by Gasteiger charge is 2.09. The number of benzene rings is 1. The molecule has 0 N–H and O–H groups in total. The van der Waals surface area contributed by atoms with E-state index in [2.05, 4.69) is 15.0 Å². The van der Waals surface area contributed by atoms with Crippen molar-refractivity contribution < 1.29 is 0 Å². The van der Waals surface area contributed by atoms with Crippen LogP contribution in [0.4, 0.5) is 0 Å². The standard InChI is InChI=1S/C13H10N4O/c1-9-16-12-11(7-14-8-15-12)13(18)17(9)10-5-3-2-4-6-10/h2-8H,1H3. The third-order valence-electron chi connectivity index (χ3n) is 2.73. The number of nitrogens with zero attached hydrogens (tertiary/aromatic N) is 4. The van der Waals surface area contributed by atoms with Crippen molar-refractivity contribution >= 4 is 11.0 Å². The zero-order valence-electron chi connectivity index (χ0n) is 9.74. The zero-order chi connectivity index (χ0) is 12.5. The van der Waals surface area contributed by atoms with Gasteiger partial charge in [-0.1, -0.05) is 18.2 Å². The van der Waals surface area contributed by atoms with Crippen LogP contribution in [-0.2, 0) is 0 Å². The van der Waals surface area contributed by atoms with E-state index in [4.69, 9.17) is 0 Å². The van der Waals surface area contributed by atoms with Gasteiger partial charge in [-0.25, -0.2) is 15.0 Å². The van der Waals surface area contributed by atoms with E-state index in [-0.39, 0.29) is 5.56 Å². The molecule has 0 aliphatic carbocycles. The van der Waals surface area contributed by atoms with Gasteiger partial charge in [0.2, 0.25) is 0 Å². The molecule has 5 heteroatoms. The van der Waals surface area contributed by atoms with Gasteiger partial charge >= 0.3 is 0 Å². The Labute approximate surface area is 103 Å². The zero-order valence-corrected chi connectivity index (χ0v) is 9.74. The van der Waals surface area contributed by atoms with E-state index in [9.17, 15) is 4.79 Å². The van der Waals surface area contributed by atoms with Gasteiger partial charge in [0.05, 0.1) is 5.69 Å². The maximum atomic E-state index is 12.4. The monoisotopic (exact) mass is 238 g/mol. The Kier molecular flexibility index (Phi) is 2.37. The molecule has 0 aliphatic rings. The minimum absolute atomic E-state index is 0.149. The molecule has 0 amide bonds. The normalized spacial score (nSPS) is 10.7. The summed E-state index contributed by atoms with van der Waals surface area (Å²) in [4.78, 5) is 24.6. The van der Waals surface area contributed by atoms with E-state index < -0.39 is 0 Å². The lowest BCUT2D eigenvalue weighted by molar-refractivity contribution is 0.886. The number of hydrogen-bond donors (Lipinski definition) is 0. The predicted molar refractivity (Wildman–Crippen MR) is 67.7 cm³/mol. The first kappa shape index (κ1) is 10.6. The summed E-state index contributed by atoms with van der Waals surface area (Å²) in [7, 11) is 0. The summed E-state index contributed by atoms with van der Waals surface area (Å²) < 4.78 is 1.56. The van der Waals surface area contributed by atoms with E-state index in [0.29, 0.717) is 16.9 Å². The first-order chi connectivity index (χ1) is 8.77. The Morgan fingerprint density at radius 3 is 2.72 bits per heavy atom. The molecule has 0 saturated heterocycles. The van der Waals surface area contributed by atoms with E-state index in [1.165, 1.54) is 12.5 Å². The van der Waals surface area contributed by atoms with Gasteiger partial charge in [0, 0.05) is 6.20 Å². The van der Waals surface area contributed by atoms with Crippen molar-refractivity contribution in [2.45, 2.75) is 6.92 Å². The molecule has 0 atom stereocenters. The molecule has 3 rings (SSSR count). The summed E-state index contributed by atoms with van der Waals surface area (Å²) in [5, 5.41) is 0.423. The first-order valence-corrected chi connectivity index (χ1v) is 5.52. The third-order valence-corrected chi connectivity index (χ3v) is 2.73. The fraction of sp³-hybridized carbons (Fsp3) is 0.0769. The largest absolute Gasteiger partial charge is 0.269 e. The molecule has 0 saturated carbocycles. The first-order valence-electron chi connectivity index (χ1n) is 5.52. The lowest BCUT2D eigenvalue weighted by atomic mass is 10.3. The lowest BCUT2D eigenvalue weighted by Crippen LogP contribution is -2.22. The maximum absolute atomic E-state index is 12.4. The van der Waals surface area contributed by atoms with Crippen molar-refractivity contribution in [1.82, 2.24) is 19.5 Å². The molecule has 1 aromatic carbocycles. The molecule has 18 heavy (non-hydrogen) atoms. The average Bonchev–Trinajstić information content (AvgIpc) is 2.40. The summed E-state index contributed by atoms with van der Waals surface area (Å²) in [6, 6.07) is 9.40. The summed E-state index contributed by atoms with van der Waals surface area (Å²) in [5.74, 6) is 0.609. The second-order valence-corrected chi connectivity index (χ2v) is 3.90. The number of aromatic nitrogens is 4. The van der Waals surface area contributed by atoms with Gasteiger partial charge in [-0.3, -0.25) is 9.36 Å². The Bertz CT molecular complexity index is 765. The maximum Gasteiger partial charge on any atom is 0.269 e. The minimum atomic E-state index is -0.149. The number of hydrogen-bond acceptors (Lipinski definition) is 4. The summed E-state index contributed by atoms with van der Waals surface area (Å²) >= 11 is 0. The molecule has 3 aromatic rings.